The lowest BCUT2D eigenvalue weighted by Gasteiger charge is -2.17. The third-order valence-corrected chi connectivity index (χ3v) is 5.43. The van der Waals surface area contributed by atoms with Gasteiger partial charge in [0.05, 0.1) is 10.5 Å². The molecule has 138 valence electrons. The molecule has 0 bridgehead atoms. The molecule has 0 radical (unpaired) electrons. The van der Waals surface area contributed by atoms with Crippen molar-refractivity contribution < 1.29 is 26.4 Å². The zero-order valence-electron chi connectivity index (χ0n) is 13.4. The van der Waals surface area contributed by atoms with Gasteiger partial charge in [-0.2, -0.15) is 13.2 Å². The number of halogens is 3. The molecule has 1 aliphatic rings. The number of rotatable bonds is 4. The number of hydrogen-bond acceptors (Lipinski definition) is 3. The van der Waals surface area contributed by atoms with E-state index in [9.17, 15) is 26.4 Å². The summed E-state index contributed by atoms with van der Waals surface area (Å²) >= 11 is 0. The third kappa shape index (κ3) is 4.05. The van der Waals surface area contributed by atoms with Crippen molar-refractivity contribution >= 4 is 21.6 Å². The van der Waals surface area contributed by atoms with Crippen LogP contribution in [0, 0.1) is 0 Å². The fourth-order valence-electron chi connectivity index (χ4n) is 2.60. The minimum Gasteiger partial charge on any atom is -0.326 e. The van der Waals surface area contributed by atoms with Gasteiger partial charge in [-0.1, -0.05) is 12.1 Å². The molecule has 0 fully saturated rings. The molecular weight excluding hydrogens is 369 g/mol. The second kappa shape index (κ2) is 6.73. The van der Waals surface area contributed by atoms with Crippen LogP contribution < -0.4 is 10.0 Å². The van der Waals surface area contributed by atoms with Crippen molar-refractivity contribution in [3.8, 4) is 0 Å². The molecule has 1 amide bonds. The minimum absolute atomic E-state index is 0.0410. The van der Waals surface area contributed by atoms with Gasteiger partial charge in [0, 0.05) is 18.7 Å². The van der Waals surface area contributed by atoms with E-state index in [1.54, 1.807) is 0 Å². The molecule has 0 aliphatic carbocycles. The van der Waals surface area contributed by atoms with Crippen molar-refractivity contribution in [2.45, 2.75) is 30.5 Å². The highest BCUT2D eigenvalue weighted by Crippen LogP contribution is 2.29. The number of benzene rings is 2. The van der Waals surface area contributed by atoms with Gasteiger partial charge in [-0.15, -0.1) is 0 Å². The van der Waals surface area contributed by atoms with Gasteiger partial charge >= 0.3 is 6.18 Å². The Morgan fingerprint density at radius 2 is 1.73 bits per heavy atom. The summed E-state index contributed by atoms with van der Waals surface area (Å²) in [5.41, 5.74) is 0.928. The lowest BCUT2D eigenvalue weighted by Crippen LogP contribution is -2.24. The van der Waals surface area contributed by atoms with Gasteiger partial charge in [0.15, 0.2) is 0 Å². The first-order chi connectivity index (χ1) is 12.1. The molecule has 2 aromatic carbocycles. The Balaban J connectivity index is 1.72. The minimum atomic E-state index is -4.43. The van der Waals surface area contributed by atoms with Crippen LogP contribution >= 0.6 is 0 Å². The first kappa shape index (κ1) is 18.4. The molecule has 1 aliphatic heterocycles. The van der Waals surface area contributed by atoms with Crippen LogP contribution in [0.5, 0.6) is 0 Å². The molecule has 5 nitrogen and oxygen atoms in total. The van der Waals surface area contributed by atoms with E-state index >= 15 is 0 Å². The normalized spacial score (nSPS) is 14.7. The Morgan fingerprint density at radius 3 is 2.38 bits per heavy atom. The number of amides is 1. The van der Waals surface area contributed by atoms with E-state index in [1.807, 2.05) is 0 Å². The Labute approximate surface area is 148 Å². The van der Waals surface area contributed by atoms with Gasteiger partial charge in [0.2, 0.25) is 15.9 Å². The summed E-state index contributed by atoms with van der Waals surface area (Å²) in [6.45, 7) is -0.131. The first-order valence-electron chi connectivity index (χ1n) is 7.74. The van der Waals surface area contributed by atoms with Crippen LogP contribution in [0.15, 0.2) is 47.4 Å². The Bertz CT molecular complexity index is 939. The van der Waals surface area contributed by atoms with Crippen molar-refractivity contribution in [3.05, 3.63) is 59.2 Å². The summed E-state index contributed by atoms with van der Waals surface area (Å²) in [6.07, 6.45) is -3.70. The molecular formula is C17H15F3N2O3S. The number of nitrogens with one attached hydrogen (secondary N) is 2. The van der Waals surface area contributed by atoms with Gasteiger partial charge in [-0.3, -0.25) is 4.79 Å². The van der Waals surface area contributed by atoms with Gasteiger partial charge in [-0.05, 0) is 47.9 Å². The van der Waals surface area contributed by atoms with Crippen LogP contribution in [0.1, 0.15) is 23.1 Å². The Kier molecular flexibility index (Phi) is 4.76. The predicted octanol–water partition coefficient (Wildman–Crippen LogP) is 3.07. The Morgan fingerprint density at radius 1 is 1.04 bits per heavy atom. The van der Waals surface area contributed by atoms with Crippen LogP contribution in [0.3, 0.4) is 0 Å². The first-order valence-corrected chi connectivity index (χ1v) is 9.22. The van der Waals surface area contributed by atoms with E-state index in [1.165, 1.54) is 30.3 Å². The van der Waals surface area contributed by atoms with Crippen LogP contribution in [-0.4, -0.2) is 14.3 Å². The van der Waals surface area contributed by atoms with Gasteiger partial charge in [-0.25, -0.2) is 13.1 Å². The van der Waals surface area contributed by atoms with Crippen molar-refractivity contribution in [1.82, 2.24) is 4.72 Å². The molecule has 2 aromatic rings. The lowest BCUT2D eigenvalue weighted by atomic mass is 10.0. The number of sulfonamides is 1. The molecule has 3 rings (SSSR count). The average Bonchev–Trinajstić information content (AvgIpc) is 2.59. The van der Waals surface area contributed by atoms with Gasteiger partial charge in [0.1, 0.15) is 0 Å². The highest BCUT2D eigenvalue weighted by atomic mass is 32.2. The molecule has 0 aromatic heterocycles. The number of carbonyl (C=O) groups excluding carboxylic acids is 1. The number of hydrogen-bond donors (Lipinski definition) is 2. The summed E-state index contributed by atoms with van der Waals surface area (Å²) in [5, 5.41) is 2.67. The quantitative estimate of drug-likeness (QED) is 0.851. The SMILES string of the molecule is O=C1CCc2cc(S(=O)(=O)NCc3ccc(C(F)(F)F)cc3)ccc2N1. The highest BCUT2D eigenvalue weighted by Gasteiger charge is 2.30. The summed E-state index contributed by atoms with van der Waals surface area (Å²) in [7, 11) is -3.83. The van der Waals surface area contributed by atoms with E-state index in [4.69, 9.17) is 0 Å². The number of alkyl halides is 3. The predicted molar refractivity (Wildman–Crippen MR) is 88.9 cm³/mol. The molecule has 1 heterocycles. The smallest absolute Gasteiger partial charge is 0.326 e. The molecule has 9 heteroatoms. The van der Waals surface area contributed by atoms with Crippen molar-refractivity contribution in [1.29, 1.82) is 0 Å². The highest BCUT2D eigenvalue weighted by molar-refractivity contribution is 7.89. The molecule has 0 saturated carbocycles. The summed E-state index contributed by atoms with van der Waals surface area (Å²) in [6, 6.07) is 8.67. The molecule has 0 unspecified atom stereocenters. The monoisotopic (exact) mass is 384 g/mol. The number of aryl methyl sites for hydroxylation is 1. The maximum absolute atomic E-state index is 12.5. The maximum atomic E-state index is 12.5. The van der Waals surface area contributed by atoms with E-state index in [0.717, 1.165) is 17.7 Å². The van der Waals surface area contributed by atoms with Crippen LogP contribution in [-0.2, 0) is 34.0 Å². The van der Waals surface area contributed by atoms with Crippen LogP contribution in [0.4, 0.5) is 18.9 Å². The lowest BCUT2D eigenvalue weighted by molar-refractivity contribution is -0.137. The van der Waals surface area contributed by atoms with E-state index in [2.05, 4.69) is 10.0 Å². The van der Waals surface area contributed by atoms with Crippen LogP contribution in [0.2, 0.25) is 0 Å². The zero-order valence-corrected chi connectivity index (χ0v) is 14.2. The molecule has 0 spiro atoms. The number of carbonyl (C=O) groups is 1. The summed E-state index contributed by atoms with van der Waals surface area (Å²) < 4.78 is 64.8. The van der Waals surface area contributed by atoms with Gasteiger partial charge in [0.25, 0.3) is 0 Å². The third-order valence-electron chi connectivity index (χ3n) is 4.03. The van der Waals surface area contributed by atoms with Gasteiger partial charge < -0.3 is 5.32 Å². The van der Waals surface area contributed by atoms with Crippen molar-refractivity contribution in [3.63, 3.8) is 0 Å². The zero-order chi connectivity index (χ0) is 18.9. The van der Waals surface area contributed by atoms with E-state index < -0.39 is 21.8 Å². The second-order valence-electron chi connectivity index (χ2n) is 5.89. The molecule has 0 saturated heterocycles. The summed E-state index contributed by atoms with van der Waals surface area (Å²) in [5.74, 6) is -0.117. The van der Waals surface area contributed by atoms with E-state index in [0.29, 0.717) is 17.7 Å². The van der Waals surface area contributed by atoms with E-state index in [-0.39, 0.29) is 23.8 Å². The fourth-order valence-corrected chi connectivity index (χ4v) is 3.67. The van der Waals surface area contributed by atoms with Crippen LogP contribution in [0.25, 0.3) is 0 Å². The average molecular weight is 384 g/mol. The molecule has 26 heavy (non-hydrogen) atoms. The molecule has 0 atom stereocenters. The summed E-state index contributed by atoms with van der Waals surface area (Å²) in [4.78, 5) is 11.4. The van der Waals surface area contributed by atoms with Crippen molar-refractivity contribution in [2.75, 3.05) is 5.32 Å². The number of fused-ring (bicyclic) bond motifs is 1. The second-order valence-corrected chi connectivity index (χ2v) is 7.65. The standard InChI is InChI=1S/C17H15F3N2O3S/c18-17(19,20)13-4-1-11(2-5-13)10-21-26(24,25)14-6-7-15-12(9-14)3-8-16(23)22-15/h1-2,4-7,9,21H,3,8,10H2,(H,22,23). The molecule has 2 N–H and O–H groups in total. The fraction of sp³-hybridized carbons (Fsp3) is 0.235. The number of anilines is 1. The largest absolute Gasteiger partial charge is 0.416 e. The topological polar surface area (TPSA) is 75.3 Å². The Hall–Kier alpha value is -2.39. The van der Waals surface area contributed by atoms with Crippen molar-refractivity contribution in [2.24, 2.45) is 0 Å². The maximum Gasteiger partial charge on any atom is 0.416 e.